The summed E-state index contributed by atoms with van der Waals surface area (Å²) in [6.45, 7) is 8.78. The molecule has 0 saturated carbocycles. The second-order valence-electron chi connectivity index (χ2n) is 5.46. The molecule has 0 aliphatic rings. The number of carbonyl (C=O) groups excluding carboxylic acids is 1. The van der Waals surface area contributed by atoms with E-state index in [1.54, 1.807) is 6.92 Å². The maximum Gasteiger partial charge on any atom is 0.237 e. The minimum Gasteiger partial charge on any atom is -0.369 e. The molecule has 0 heterocycles. The van der Waals surface area contributed by atoms with Crippen molar-refractivity contribution >= 4 is 11.6 Å². The molecule has 4 N–H and O–H groups in total. The van der Waals surface area contributed by atoms with Crippen molar-refractivity contribution in [1.29, 1.82) is 0 Å². The van der Waals surface area contributed by atoms with E-state index in [0.717, 1.165) is 12.2 Å². The zero-order chi connectivity index (χ0) is 14.6. The van der Waals surface area contributed by atoms with Crippen LogP contribution in [-0.4, -0.2) is 24.0 Å². The number of rotatable bonds is 6. The van der Waals surface area contributed by atoms with Crippen molar-refractivity contribution in [2.24, 2.45) is 11.5 Å². The lowest BCUT2D eigenvalue weighted by Crippen LogP contribution is -2.53. The molecule has 0 aliphatic carbocycles. The fourth-order valence-electron chi connectivity index (χ4n) is 2.38. The molecule has 0 bridgehead atoms. The van der Waals surface area contributed by atoms with Gasteiger partial charge in [0.1, 0.15) is 0 Å². The molecule has 4 nitrogen and oxygen atoms in total. The molecule has 0 fully saturated rings. The summed E-state index contributed by atoms with van der Waals surface area (Å²) in [5, 5.41) is 0. The number of aryl methyl sites for hydroxylation is 1. The summed E-state index contributed by atoms with van der Waals surface area (Å²) in [5.41, 5.74) is 12.7. The van der Waals surface area contributed by atoms with Gasteiger partial charge in [-0.15, -0.1) is 0 Å². The predicted octanol–water partition coefficient (Wildman–Crippen LogP) is 1.80. The van der Waals surface area contributed by atoms with Crippen molar-refractivity contribution < 1.29 is 4.79 Å². The number of primary amides is 1. The lowest BCUT2D eigenvalue weighted by molar-refractivity contribution is -0.122. The van der Waals surface area contributed by atoms with E-state index in [1.165, 1.54) is 5.56 Å². The van der Waals surface area contributed by atoms with Crippen LogP contribution in [-0.2, 0) is 4.79 Å². The van der Waals surface area contributed by atoms with Crippen LogP contribution < -0.4 is 16.4 Å². The largest absolute Gasteiger partial charge is 0.369 e. The van der Waals surface area contributed by atoms with E-state index >= 15 is 0 Å². The summed E-state index contributed by atoms with van der Waals surface area (Å²) in [6.07, 6.45) is 0.532. The van der Waals surface area contributed by atoms with Crippen molar-refractivity contribution in [1.82, 2.24) is 0 Å². The summed E-state index contributed by atoms with van der Waals surface area (Å²) >= 11 is 0. The van der Waals surface area contributed by atoms with Crippen LogP contribution in [0.5, 0.6) is 0 Å². The van der Waals surface area contributed by atoms with Gasteiger partial charge in [-0.2, -0.15) is 0 Å². The lowest BCUT2D eigenvalue weighted by Gasteiger charge is -2.34. The Balaban J connectivity index is 2.89. The number of hydrogen-bond acceptors (Lipinski definition) is 3. The SMILES string of the molecule is CCN(c1cccc(C)c1)C(C)CC(C)(N)C(N)=O. The summed E-state index contributed by atoms with van der Waals surface area (Å²) < 4.78 is 0. The topological polar surface area (TPSA) is 72.3 Å². The van der Waals surface area contributed by atoms with E-state index in [1.807, 2.05) is 6.07 Å². The van der Waals surface area contributed by atoms with Gasteiger partial charge in [-0.3, -0.25) is 4.79 Å². The molecular weight excluding hydrogens is 238 g/mol. The Hall–Kier alpha value is -1.55. The van der Waals surface area contributed by atoms with Crippen LogP contribution in [0.4, 0.5) is 5.69 Å². The van der Waals surface area contributed by atoms with Crippen LogP contribution in [0, 0.1) is 6.92 Å². The molecule has 106 valence electrons. The van der Waals surface area contributed by atoms with E-state index in [9.17, 15) is 4.79 Å². The zero-order valence-corrected chi connectivity index (χ0v) is 12.3. The third-order valence-electron chi connectivity index (χ3n) is 3.49. The number of nitrogens with zero attached hydrogens (tertiary/aromatic N) is 1. The first kappa shape index (κ1) is 15.5. The Morgan fingerprint density at radius 2 is 2.11 bits per heavy atom. The van der Waals surface area contributed by atoms with Gasteiger partial charge in [-0.1, -0.05) is 12.1 Å². The minimum absolute atomic E-state index is 0.147. The van der Waals surface area contributed by atoms with Gasteiger partial charge in [-0.05, 0) is 51.8 Å². The summed E-state index contributed by atoms with van der Waals surface area (Å²) in [7, 11) is 0. The van der Waals surface area contributed by atoms with E-state index in [2.05, 4.69) is 43.9 Å². The van der Waals surface area contributed by atoms with Gasteiger partial charge >= 0.3 is 0 Å². The average molecular weight is 263 g/mol. The maximum absolute atomic E-state index is 11.3. The van der Waals surface area contributed by atoms with E-state index in [4.69, 9.17) is 11.5 Å². The molecule has 1 aromatic rings. The van der Waals surface area contributed by atoms with Crippen LogP contribution in [0.15, 0.2) is 24.3 Å². The van der Waals surface area contributed by atoms with Crippen molar-refractivity contribution in [3.8, 4) is 0 Å². The van der Waals surface area contributed by atoms with Gasteiger partial charge in [0.15, 0.2) is 0 Å². The average Bonchev–Trinajstić information content (AvgIpc) is 2.29. The smallest absolute Gasteiger partial charge is 0.237 e. The molecule has 0 aliphatic heterocycles. The summed E-state index contributed by atoms with van der Waals surface area (Å²) in [4.78, 5) is 13.6. The number of benzene rings is 1. The normalized spacial score (nSPS) is 15.6. The van der Waals surface area contributed by atoms with E-state index < -0.39 is 11.4 Å². The van der Waals surface area contributed by atoms with E-state index in [0.29, 0.717) is 6.42 Å². The highest BCUT2D eigenvalue weighted by Crippen LogP contribution is 2.22. The standard InChI is InChI=1S/C15H25N3O/c1-5-18(13-8-6-7-11(2)9-13)12(3)10-15(4,17)14(16)19/h6-9,12H,5,10,17H2,1-4H3,(H2,16,19). The van der Waals surface area contributed by atoms with Crippen LogP contribution in [0.3, 0.4) is 0 Å². The maximum atomic E-state index is 11.3. The Labute approximate surface area is 115 Å². The van der Waals surface area contributed by atoms with Crippen LogP contribution in [0.25, 0.3) is 0 Å². The van der Waals surface area contributed by atoms with Crippen molar-refractivity contribution in [2.75, 3.05) is 11.4 Å². The molecule has 19 heavy (non-hydrogen) atoms. The Morgan fingerprint density at radius 3 is 2.58 bits per heavy atom. The first-order valence-corrected chi connectivity index (χ1v) is 6.70. The van der Waals surface area contributed by atoms with Crippen LogP contribution >= 0.6 is 0 Å². The molecule has 1 aromatic carbocycles. The van der Waals surface area contributed by atoms with Gasteiger partial charge < -0.3 is 16.4 Å². The quantitative estimate of drug-likeness (QED) is 0.822. The fraction of sp³-hybridized carbons (Fsp3) is 0.533. The van der Waals surface area contributed by atoms with Crippen molar-refractivity contribution in [3.05, 3.63) is 29.8 Å². The number of nitrogens with two attached hydrogens (primary N) is 2. The van der Waals surface area contributed by atoms with Gasteiger partial charge in [0, 0.05) is 18.3 Å². The fourth-order valence-corrected chi connectivity index (χ4v) is 2.38. The Bertz CT molecular complexity index is 443. The predicted molar refractivity (Wildman–Crippen MR) is 80.1 cm³/mol. The minimum atomic E-state index is -0.976. The van der Waals surface area contributed by atoms with Crippen LogP contribution in [0.1, 0.15) is 32.8 Å². The third kappa shape index (κ3) is 3.96. The van der Waals surface area contributed by atoms with Gasteiger partial charge in [0.25, 0.3) is 0 Å². The Morgan fingerprint density at radius 1 is 1.47 bits per heavy atom. The molecule has 0 aromatic heterocycles. The van der Waals surface area contributed by atoms with Crippen LogP contribution in [0.2, 0.25) is 0 Å². The van der Waals surface area contributed by atoms with Gasteiger partial charge in [0.05, 0.1) is 5.54 Å². The second-order valence-corrected chi connectivity index (χ2v) is 5.46. The van der Waals surface area contributed by atoms with Gasteiger partial charge in [0.2, 0.25) is 5.91 Å². The monoisotopic (exact) mass is 263 g/mol. The second kappa shape index (κ2) is 6.06. The molecule has 1 amide bonds. The molecule has 0 radical (unpaired) electrons. The molecule has 2 unspecified atom stereocenters. The first-order valence-electron chi connectivity index (χ1n) is 6.70. The highest BCUT2D eigenvalue weighted by atomic mass is 16.1. The molecule has 1 rings (SSSR count). The molecule has 4 heteroatoms. The van der Waals surface area contributed by atoms with E-state index in [-0.39, 0.29) is 6.04 Å². The molecular formula is C15H25N3O. The number of anilines is 1. The lowest BCUT2D eigenvalue weighted by atomic mass is 9.93. The number of carbonyl (C=O) groups is 1. The highest BCUT2D eigenvalue weighted by Gasteiger charge is 2.30. The zero-order valence-electron chi connectivity index (χ0n) is 12.3. The van der Waals surface area contributed by atoms with Crippen molar-refractivity contribution in [3.63, 3.8) is 0 Å². The summed E-state index contributed by atoms with van der Waals surface area (Å²) in [6, 6.07) is 8.46. The first-order chi connectivity index (χ1) is 8.77. The summed E-state index contributed by atoms with van der Waals surface area (Å²) in [5.74, 6) is -0.459. The number of hydrogen-bond donors (Lipinski definition) is 2. The number of amides is 1. The molecule has 0 spiro atoms. The Kier molecular flexibility index (Phi) is 4.95. The molecule has 2 atom stereocenters. The van der Waals surface area contributed by atoms with Gasteiger partial charge in [-0.25, -0.2) is 0 Å². The third-order valence-corrected chi connectivity index (χ3v) is 3.49. The molecule has 0 saturated heterocycles. The van der Waals surface area contributed by atoms with Crippen molar-refractivity contribution in [2.45, 2.75) is 45.7 Å². The highest BCUT2D eigenvalue weighted by molar-refractivity contribution is 5.83.